The average Bonchev–Trinajstić information content (AvgIpc) is 2.35. The van der Waals surface area contributed by atoms with Gasteiger partial charge < -0.3 is 21.3 Å². The first-order chi connectivity index (χ1) is 8.65. The number of carboxylic acids is 1. The number of nitrogens with two attached hydrogens (primary N) is 1. The number of phenolic OH excluding ortho intramolecular Hbond substituents is 1. The fourth-order valence-corrected chi connectivity index (χ4v) is 1.70. The lowest BCUT2D eigenvalue weighted by molar-refractivity contribution is -0.139. The number of aliphatic carboxylic acids is 1. The Balaban J connectivity index is 2.47. The van der Waals surface area contributed by atoms with Crippen LogP contribution in [-0.4, -0.2) is 28.8 Å². The van der Waals surface area contributed by atoms with Crippen molar-refractivity contribution in [3.63, 3.8) is 0 Å². The third kappa shape index (κ3) is 4.73. The smallest absolute Gasteiger partial charge is 0.320 e. The first-order valence-corrected chi connectivity index (χ1v) is 6.08. The molecular weight excluding hydrogens is 232 g/mol. The van der Waals surface area contributed by atoms with E-state index in [1.54, 1.807) is 24.3 Å². The molecule has 0 amide bonds. The summed E-state index contributed by atoms with van der Waals surface area (Å²) in [6.45, 7) is 0.915. The van der Waals surface area contributed by atoms with Crippen LogP contribution in [0.5, 0.6) is 5.75 Å². The molecular formula is C13H20N2O3. The lowest BCUT2D eigenvalue weighted by Gasteiger charge is -2.14. The molecule has 0 aliphatic carbocycles. The van der Waals surface area contributed by atoms with Crippen LogP contribution < -0.4 is 11.1 Å². The van der Waals surface area contributed by atoms with Crippen LogP contribution in [0.4, 0.5) is 0 Å². The van der Waals surface area contributed by atoms with Crippen molar-refractivity contribution in [2.24, 2.45) is 5.73 Å². The summed E-state index contributed by atoms with van der Waals surface area (Å²) < 4.78 is 0. The second-order valence-corrected chi connectivity index (χ2v) is 4.18. The van der Waals surface area contributed by atoms with Crippen molar-refractivity contribution in [1.29, 1.82) is 0 Å². The molecule has 0 aromatic heterocycles. The monoisotopic (exact) mass is 252 g/mol. The van der Waals surface area contributed by atoms with Gasteiger partial charge in [0.1, 0.15) is 11.8 Å². The molecule has 5 heteroatoms. The number of rotatable bonds is 8. The third-order valence-electron chi connectivity index (χ3n) is 2.78. The number of unbranched alkanes of at least 4 members (excludes halogenated alkanes) is 1. The maximum absolute atomic E-state index is 11.0. The zero-order valence-corrected chi connectivity index (χ0v) is 10.3. The van der Waals surface area contributed by atoms with E-state index in [-0.39, 0.29) is 5.75 Å². The fourth-order valence-electron chi connectivity index (χ4n) is 1.70. The number of hydrogen-bond donors (Lipinski definition) is 4. The minimum absolute atomic E-state index is 0.177. The Kier molecular flexibility index (Phi) is 6.18. The normalized spacial score (nSPS) is 12.3. The SMILES string of the molecule is NCCCCC(NCc1ccccc1O)C(=O)O. The summed E-state index contributed by atoms with van der Waals surface area (Å²) in [5, 5.41) is 21.6. The van der Waals surface area contributed by atoms with Crippen molar-refractivity contribution in [3.8, 4) is 5.75 Å². The molecule has 1 atom stereocenters. The number of hydrogen-bond acceptors (Lipinski definition) is 4. The van der Waals surface area contributed by atoms with E-state index in [4.69, 9.17) is 10.8 Å². The van der Waals surface area contributed by atoms with Gasteiger partial charge in [0.25, 0.3) is 0 Å². The Morgan fingerprint density at radius 2 is 2.06 bits per heavy atom. The number of carbonyl (C=O) groups is 1. The number of phenols is 1. The molecule has 18 heavy (non-hydrogen) atoms. The molecule has 5 nitrogen and oxygen atoms in total. The highest BCUT2D eigenvalue weighted by Gasteiger charge is 2.16. The van der Waals surface area contributed by atoms with Crippen molar-refractivity contribution < 1.29 is 15.0 Å². The summed E-state index contributed by atoms with van der Waals surface area (Å²) in [5.41, 5.74) is 6.07. The molecule has 0 heterocycles. The Morgan fingerprint density at radius 3 is 2.67 bits per heavy atom. The zero-order valence-electron chi connectivity index (χ0n) is 10.3. The molecule has 0 saturated carbocycles. The molecule has 0 aliphatic rings. The molecule has 1 rings (SSSR count). The van der Waals surface area contributed by atoms with Gasteiger partial charge in [0.15, 0.2) is 0 Å². The topological polar surface area (TPSA) is 95.6 Å². The molecule has 0 aliphatic heterocycles. The third-order valence-corrected chi connectivity index (χ3v) is 2.78. The van der Waals surface area contributed by atoms with Gasteiger partial charge in [-0.05, 0) is 25.5 Å². The fraction of sp³-hybridized carbons (Fsp3) is 0.462. The van der Waals surface area contributed by atoms with Gasteiger partial charge in [-0.15, -0.1) is 0 Å². The van der Waals surface area contributed by atoms with Gasteiger partial charge in [-0.1, -0.05) is 24.6 Å². The number of carboxylic acid groups (broad SMARTS) is 1. The zero-order chi connectivity index (χ0) is 13.4. The minimum Gasteiger partial charge on any atom is -0.508 e. The number of para-hydroxylation sites is 1. The van der Waals surface area contributed by atoms with Gasteiger partial charge in [0.05, 0.1) is 0 Å². The summed E-state index contributed by atoms with van der Waals surface area (Å²) in [5.74, 6) is -0.696. The van der Waals surface area contributed by atoms with Gasteiger partial charge >= 0.3 is 5.97 Å². The second-order valence-electron chi connectivity index (χ2n) is 4.18. The van der Waals surface area contributed by atoms with E-state index in [1.807, 2.05) is 0 Å². The highest BCUT2D eigenvalue weighted by Crippen LogP contribution is 2.15. The minimum atomic E-state index is -0.873. The molecule has 1 aromatic rings. The first-order valence-electron chi connectivity index (χ1n) is 6.08. The molecule has 1 unspecified atom stereocenters. The molecule has 0 bridgehead atoms. The van der Waals surface area contributed by atoms with Crippen molar-refractivity contribution in [2.45, 2.75) is 31.8 Å². The molecule has 0 radical (unpaired) electrons. The van der Waals surface area contributed by atoms with Gasteiger partial charge in [0, 0.05) is 12.1 Å². The van der Waals surface area contributed by atoms with Gasteiger partial charge in [-0.2, -0.15) is 0 Å². The average molecular weight is 252 g/mol. The molecule has 1 aromatic carbocycles. The van der Waals surface area contributed by atoms with E-state index < -0.39 is 12.0 Å². The maximum Gasteiger partial charge on any atom is 0.320 e. The lowest BCUT2D eigenvalue weighted by Crippen LogP contribution is -2.36. The predicted molar refractivity (Wildman–Crippen MR) is 69.3 cm³/mol. The highest BCUT2D eigenvalue weighted by atomic mass is 16.4. The van der Waals surface area contributed by atoms with Crippen LogP contribution >= 0.6 is 0 Å². The predicted octanol–water partition coefficient (Wildman–Crippen LogP) is 1.06. The van der Waals surface area contributed by atoms with Crippen LogP contribution in [0.1, 0.15) is 24.8 Å². The van der Waals surface area contributed by atoms with Crippen LogP contribution in [0.3, 0.4) is 0 Å². The molecule has 100 valence electrons. The van der Waals surface area contributed by atoms with Gasteiger partial charge in [0.2, 0.25) is 0 Å². The van der Waals surface area contributed by atoms with Gasteiger partial charge in [-0.3, -0.25) is 4.79 Å². The molecule has 0 fully saturated rings. The standard InChI is InChI=1S/C13H20N2O3/c14-8-4-3-6-11(13(17)18)15-9-10-5-1-2-7-12(10)16/h1-2,5,7,11,15-16H,3-4,6,8-9,14H2,(H,17,18). The Morgan fingerprint density at radius 1 is 1.33 bits per heavy atom. The van der Waals surface area contributed by atoms with E-state index in [1.165, 1.54) is 0 Å². The van der Waals surface area contributed by atoms with E-state index in [2.05, 4.69) is 5.32 Å². The Labute approximate surface area is 107 Å². The first kappa shape index (κ1) is 14.5. The molecule has 5 N–H and O–H groups in total. The summed E-state index contributed by atoms with van der Waals surface area (Å²) in [4.78, 5) is 11.0. The van der Waals surface area contributed by atoms with E-state index in [0.29, 0.717) is 25.1 Å². The highest BCUT2D eigenvalue weighted by molar-refractivity contribution is 5.73. The summed E-state index contributed by atoms with van der Waals surface area (Å²) in [7, 11) is 0. The summed E-state index contributed by atoms with van der Waals surface area (Å²) in [6, 6.07) is 6.29. The van der Waals surface area contributed by atoms with Crippen molar-refractivity contribution in [1.82, 2.24) is 5.32 Å². The van der Waals surface area contributed by atoms with Crippen LogP contribution in [0, 0.1) is 0 Å². The largest absolute Gasteiger partial charge is 0.508 e. The van der Waals surface area contributed by atoms with Crippen LogP contribution in [0.25, 0.3) is 0 Å². The number of nitrogens with one attached hydrogen (secondary N) is 1. The van der Waals surface area contributed by atoms with Crippen LogP contribution in [0.15, 0.2) is 24.3 Å². The van der Waals surface area contributed by atoms with Crippen LogP contribution in [-0.2, 0) is 11.3 Å². The Hall–Kier alpha value is -1.59. The maximum atomic E-state index is 11.0. The molecule has 0 spiro atoms. The molecule has 0 saturated heterocycles. The van der Waals surface area contributed by atoms with Crippen LogP contribution in [0.2, 0.25) is 0 Å². The quantitative estimate of drug-likeness (QED) is 0.519. The lowest BCUT2D eigenvalue weighted by atomic mass is 10.1. The summed E-state index contributed by atoms with van der Waals surface area (Å²) in [6.07, 6.45) is 2.14. The summed E-state index contributed by atoms with van der Waals surface area (Å²) >= 11 is 0. The Bertz CT molecular complexity index is 382. The van der Waals surface area contributed by atoms with Crippen molar-refractivity contribution in [3.05, 3.63) is 29.8 Å². The van der Waals surface area contributed by atoms with E-state index >= 15 is 0 Å². The van der Waals surface area contributed by atoms with Crippen molar-refractivity contribution >= 4 is 5.97 Å². The van der Waals surface area contributed by atoms with Crippen molar-refractivity contribution in [2.75, 3.05) is 6.54 Å². The van der Waals surface area contributed by atoms with Gasteiger partial charge in [-0.25, -0.2) is 0 Å². The number of benzene rings is 1. The van der Waals surface area contributed by atoms with E-state index in [0.717, 1.165) is 12.8 Å². The number of aromatic hydroxyl groups is 1. The van der Waals surface area contributed by atoms with E-state index in [9.17, 15) is 9.90 Å². The second kappa shape index (κ2) is 7.68.